The highest BCUT2D eigenvalue weighted by Crippen LogP contribution is 2.20. The molecule has 6 nitrogen and oxygen atoms in total. The summed E-state index contributed by atoms with van der Waals surface area (Å²) in [5, 5.41) is 6.03. The Bertz CT molecular complexity index is 1080. The van der Waals surface area contributed by atoms with E-state index in [1.165, 1.54) is 6.20 Å². The monoisotopic (exact) mass is 396 g/mol. The van der Waals surface area contributed by atoms with Crippen molar-refractivity contribution in [2.24, 2.45) is 0 Å². The number of pyridine rings is 2. The minimum atomic E-state index is -0.225. The average molecular weight is 396 g/mol. The first kappa shape index (κ1) is 19.1. The molecule has 30 heavy (non-hydrogen) atoms. The summed E-state index contributed by atoms with van der Waals surface area (Å²) >= 11 is 0. The predicted molar refractivity (Wildman–Crippen MR) is 117 cm³/mol. The second-order valence-corrected chi connectivity index (χ2v) is 6.55. The van der Waals surface area contributed by atoms with Gasteiger partial charge in [-0.05, 0) is 54.1 Å². The van der Waals surface area contributed by atoms with E-state index in [9.17, 15) is 4.79 Å². The normalized spacial score (nSPS) is 10.3. The number of amides is 1. The fraction of sp³-hybridized carbons (Fsp3) is 0.0417. The molecule has 0 aliphatic carbocycles. The number of aromatic nitrogens is 2. The molecule has 4 rings (SSSR count). The number of hydrogen-bond donors (Lipinski definition) is 2. The van der Waals surface area contributed by atoms with Gasteiger partial charge < -0.3 is 15.4 Å². The maximum atomic E-state index is 12.2. The summed E-state index contributed by atoms with van der Waals surface area (Å²) in [5.41, 5.74) is 3.12. The van der Waals surface area contributed by atoms with Crippen molar-refractivity contribution in [3.63, 3.8) is 0 Å². The highest BCUT2D eigenvalue weighted by molar-refractivity contribution is 6.03. The minimum Gasteiger partial charge on any atom is -0.489 e. The van der Waals surface area contributed by atoms with Crippen LogP contribution in [0, 0.1) is 0 Å². The number of anilines is 3. The van der Waals surface area contributed by atoms with Gasteiger partial charge in [-0.15, -0.1) is 0 Å². The number of nitrogens with zero attached hydrogens (tertiary/aromatic N) is 2. The van der Waals surface area contributed by atoms with E-state index in [-0.39, 0.29) is 5.91 Å². The highest BCUT2D eigenvalue weighted by atomic mass is 16.5. The largest absolute Gasteiger partial charge is 0.489 e. The van der Waals surface area contributed by atoms with E-state index >= 15 is 0 Å². The van der Waals surface area contributed by atoms with Gasteiger partial charge in [0.2, 0.25) is 0 Å². The lowest BCUT2D eigenvalue weighted by atomic mass is 10.2. The van der Waals surface area contributed by atoms with Crippen LogP contribution in [0.1, 0.15) is 15.9 Å². The number of benzene rings is 2. The van der Waals surface area contributed by atoms with Gasteiger partial charge in [-0.25, -0.2) is 4.98 Å². The van der Waals surface area contributed by atoms with Crippen molar-refractivity contribution in [3.8, 4) is 5.75 Å². The zero-order valence-corrected chi connectivity index (χ0v) is 16.2. The van der Waals surface area contributed by atoms with Crippen molar-refractivity contribution in [2.45, 2.75) is 6.61 Å². The van der Waals surface area contributed by atoms with E-state index in [1.807, 2.05) is 54.6 Å². The molecule has 1 amide bonds. The van der Waals surface area contributed by atoms with E-state index in [0.29, 0.717) is 23.7 Å². The highest BCUT2D eigenvalue weighted by Gasteiger charge is 2.06. The number of carbonyl (C=O) groups is 1. The van der Waals surface area contributed by atoms with Gasteiger partial charge >= 0.3 is 0 Å². The number of rotatable bonds is 7. The first-order valence-electron chi connectivity index (χ1n) is 9.47. The van der Waals surface area contributed by atoms with Gasteiger partial charge in [0.25, 0.3) is 5.91 Å². The topological polar surface area (TPSA) is 76.1 Å². The maximum Gasteiger partial charge on any atom is 0.257 e. The molecule has 0 radical (unpaired) electrons. The summed E-state index contributed by atoms with van der Waals surface area (Å²) in [7, 11) is 0. The van der Waals surface area contributed by atoms with Crippen molar-refractivity contribution >= 4 is 23.1 Å². The molecule has 0 fully saturated rings. The van der Waals surface area contributed by atoms with Gasteiger partial charge in [0.05, 0.1) is 17.4 Å². The molecular weight excluding hydrogens is 376 g/mol. The number of nitrogens with one attached hydrogen (secondary N) is 2. The Balaban J connectivity index is 1.31. The molecule has 2 N–H and O–H groups in total. The van der Waals surface area contributed by atoms with E-state index in [1.54, 1.807) is 36.7 Å². The average Bonchev–Trinajstić information content (AvgIpc) is 2.81. The third-order valence-corrected chi connectivity index (χ3v) is 4.32. The minimum absolute atomic E-state index is 0.225. The number of ether oxygens (including phenoxy) is 1. The predicted octanol–water partition coefficient (Wildman–Crippen LogP) is 5.05. The van der Waals surface area contributed by atoms with Gasteiger partial charge in [-0.1, -0.05) is 30.3 Å². The summed E-state index contributed by atoms with van der Waals surface area (Å²) < 4.78 is 5.80. The standard InChI is InChI=1S/C24H20N4O2/c29-24(19-7-4-14-25-15-19)28-21-10-13-23(26-16-21)27-20-8-11-22(12-9-20)30-17-18-5-2-1-3-6-18/h1-16H,17H2,(H,26,27)(H,28,29). The zero-order chi connectivity index (χ0) is 20.6. The third kappa shape index (κ3) is 5.20. The van der Waals surface area contributed by atoms with Gasteiger partial charge in [0.15, 0.2) is 0 Å². The van der Waals surface area contributed by atoms with Crippen LogP contribution in [0.2, 0.25) is 0 Å². The second-order valence-electron chi connectivity index (χ2n) is 6.55. The zero-order valence-electron chi connectivity index (χ0n) is 16.2. The maximum absolute atomic E-state index is 12.2. The van der Waals surface area contributed by atoms with Crippen LogP contribution >= 0.6 is 0 Å². The Morgan fingerprint density at radius 2 is 1.63 bits per heavy atom. The molecule has 2 aromatic carbocycles. The molecule has 0 saturated carbocycles. The Labute approximate surface area is 174 Å². The number of hydrogen-bond acceptors (Lipinski definition) is 5. The molecule has 4 aromatic rings. The molecule has 2 heterocycles. The first-order valence-corrected chi connectivity index (χ1v) is 9.47. The van der Waals surface area contributed by atoms with Crippen LogP contribution < -0.4 is 15.4 Å². The lowest BCUT2D eigenvalue weighted by Crippen LogP contribution is -2.12. The molecule has 0 aliphatic rings. The third-order valence-electron chi connectivity index (χ3n) is 4.32. The van der Waals surface area contributed by atoms with Gasteiger partial charge in [-0.2, -0.15) is 0 Å². The second kappa shape index (κ2) is 9.34. The van der Waals surface area contributed by atoms with Crippen LogP contribution in [-0.4, -0.2) is 15.9 Å². The van der Waals surface area contributed by atoms with Crippen LogP contribution in [-0.2, 0) is 6.61 Å². The van der Waals surface area contributed by atoms with Crippen molar-refractivity contribution in [1.29, 1.82) is 0 Å². The van der Waals surface area contributed by atoms with Gasteiger partial charge in [-0.3, -0.25) is 9.78 Å². The summed E-state index contributed by atoms with van der Waals surface area (Å²) in [4.78, 5) is 20.5. The smallest absolute Gasteiger partial charge is 0.257 e. The summed E-state index contributed by atoms with van der Waals surface area (Å²) in [6, 6.07) is 24.7. The van der Waals surface area contributed by atoms with Crippen LogP contribution in [0.3, 0.4) is 0 Å². The van der Waals surface area contributed by atoms with E-state index < -0.39 is 0 Å². The van der Waals surface area contributed by atoms with E-state index in [0.717, 1.165) is 17.0 Å². The molecule has 0 spiro atoms. The fourth-order valence-electron chi connectivity index (χ4n) is 2.77. The lowest BCUT2D eigenvalue weighted by Gasteiger charge is -2.10. The van der Waals surface area contributed by atoms with Crippen molar-refractivity contribution in [3.05, 3.63) is 109 Å². The lowest BCUT2D eigenvalue weighted by molar-refractivity contribution is 0.102. The van der Waals surface area contributed by atoms with Gasteiger partial charge in [0.1, 0.15) is 18.2 Å². The molecule has 0 aliphatic heterocycles. The molecule has 148 valence electrons. The summed E-state index contributed by atoms with van der Waals surface area (Å²) in [6.07, 6.45) is 4.75. The quantitative estimate of drug-likeness (QED) is 0.457. The molecule has 0 bridgehead atoms. The fourth-order valence-corrected chi connectivity index (χ4v) is 2.77. The Morgan fingerprint density at radius 3 is 2.33 bits per heavy atom. The number of carbonyl (C=O) groups excluding carboxylic acids is 1. The Kier molecular flexibility index (Phi) is 5.96. The van der Waals surface area contributed by atoms with Crippen LogP contribution in [0.25, 0.3) is 0 Å². The van der Waals surface area contributed by atoms with Crippen LogP contribution in [0.4, 0.5) is 17.2 Å². The van der Waals surface area contributed by atoms with Crippen molar-refractivity contribution < 1.29 is 9.53 Å². The van der Waals surface area contributed by atoms with E-state index in [4.69, 9.17) is 4.74 Å². The van der Waals surface area contributed by atoms with Crippen molar-refractivity contribution in [1.82, 2.24) is 9.97 Å². The molecule has 2 aromatic heterocycles. The Hall–Kier alpha value is -4.19. The summed E-state index contributed by atoms with van der Waals surface area (Å²) in [6.45, 7) is 0.529. The molecule has 0 atom stereocenters. The van der Waals surface area contributed by atoms with Crippen LogP contribution in [0.5, 0.6) is 5.75 Å². The SMILES string of the molecule is O=C(Nc1ccc(Nc2ccc(OCc3ccccc3)cc2)nc1)c1cccnc1. The molecule has 6 heteroatoms. The Morgan fingerprint density at radius 1 is 0.833 bits per heavy atom. The first-order chi connectivity index (χ1) is 14.8. The van der Waals surface area contributed by atoms with Crippen LogP contribution in [0.15, 0.2) is 97.5 Å². The molecule has 0 unspecified atom stereocenters. The van der Waals surface area contributed by atoms with E-state index in [2.05, 4.69) is 20.6 Å². The molecule has 0 saturated heterocycles. The van der Waals surface area contributed by atoms with Crippen molar-refractivity contribution in [2.75, 3.05) is 10.6 Å². The summed E-state index contributed by atoms with van der Waals surface area (Å²) in [5.74, 6) is 1.25. The van der Waals surface area contributed by atoms with Gasteiger partial charge in [0, 0.05) is 18.1 Å². The molecular formula is C24H20N4O2.